The maximum absolute atomic E-state index is 9.92. The third kappa shape index (κ3) is 4.79. The molecule has 0 radical (unpaired) electrons. The monoisotopic (exact) mass is 216 g/mol. The fourth-order valence-electron chi connectivity index (χ4n) is 1.19. The first-order valence-electron chi connectivity index (χ1n) is 4.99. The van der Waals surface area contributed by atoms with Crippen LogP contribution in [0.2, 0.25) is 0 Å². The Morgan fingerprint density at radius 1 is 1.33 bits per heavy atom. The van der Waals surface area contributed by atoms with Crippen LogP contribution < -0.4 is 0 Å². The molecule has 0 aliphatic carbocycles. The van der Waals surface area contributed by atoms with Crippen LogP contribution in [-0.2, 0) is 4.65 Å². The molecule has 1 unspecified atom stereocenters. The summed E-state index contributed by atoms with van der Waals surface area (Å²) in [6, 6.07) is 0. The molecule has 0 saturated heterocycles. The average Bonchev–Trinajstić information content (AvgIpc) is 1.97. The number of rotatable bonds is 6. The van der Waals surface area contributed by atoms with Crippen molar-refractivity contribution in [3.8, 4) is 0 Å². The quantitative estimate of drug-likeness (QED) is 0.455. The predicted octanol–water partition coefficient (Wildman–Crippen LogP) is 0.858. The number of hydrogen-bond donors (Lipinski definition) is 3. The summed E-state index contributed by atoms with van der Waals surface area (Å²) < 4.78 is 4.97. The maximum atomic E-state index is 9.92. The Hall–Kier alpha value is -0.355. The van der Waals surface area contributed by atoms with Gasteiger partial charge in [-0.15, -0.1) is 6.58 Å². The van der Waals surface area contributed by atoms with Gasteiger partial charge in [0, 0.05) is 0 Å². The molecule has 0 spiro atoms. The first-order valence-corrected chi connectivity index (χ1v) is 4.99. The van der Waals surface area contributed by atoms with Crippen LogP contribution in [0, 0.1) is 0 Å². The molecule has 0 heterocycles. The van der Waals surface area contributed by atoms with E-state index in [0.29, 0.717) is 12.8 Å². The van der Waals surface area contributed by atoms with Gasteiger partial charge in [-0.1, -0.05) is 5.57 Å². The molecule has 0 aromatic rings. The average molecular weight is 216 g/mol. The number of allylic oxidation sites excluding steroid dienone is 1. The van der Waals surface area contributed by atoms with Crippen LogP contribution in [-0.4, -0.2) is 33.7 Å². The summed E-state index contributed by atoms with van der Waals surface area (Å²) in [5.74, 6) is 0. The third-order valence-electron chi connectivity index (χ3n) is 2.69. The van der Waals surface area contributed by atoms with Gasteiger partial charge in [0.15, 0.2) is 0 Å². The Kier molecular flexibility index (Phi) is 5.00. The van der Waals surface area contributed by atoms with E-state index in [4.69, 9.17) is 14.7 Å². The molecule has 15 heavy (non-hydrogen) atoms. The lowest BCUT2D eigenvalue weighted by Gasteiger charge is -2.40. The minimum atomic E-state index is -1.88. The van der Waals surface area contributed by atoms with Gasteiger partial charge < -0.3 is 19.8 Å². The zero-order valence-corrected chi connectivity index (χ0v) is 9.95. The second-order valence-corrected chi connectivity index (χ2v) is 4.69. The van der Waals surface area contributed by atoms with Gasteiger partial charge in [-0.3, -0.25) is 0 Å². The molecule has 0 rings (SSSR count). The highest BCUT2D eigenvalue weighted by Crippen LogP contribution is 2.31. The molecule has 1 atom stereocenters. The van der Waals surface area contributed by atoms with Gasteiger partial charge in [-0.25, -0.2) is 0 Å². The number of hydrogen-bond acceptors (Lipinski definition) is 4. The molecular formula is C10H21BO4. The van der Waals surface area contributed by atoms with Gasteiger partial charge in [0.1, 0.15) is 0 Å². The van der Waals surface area contributed by atoms with Crippen molar-refractivity contribution >= 4 is 7.32 Å². The van der Waals surface area contributed by atoms with Crippen LogP contribution in [0.1, 0.15) is 40.5 Å². The van der Waals surface area contributed by atoms with Gasteiger partial charge in [-0.05, 0) is 40.5 Å². The third-order valence-corrected chi connectivity index (χ3v) is 2.69. The van der Waals surface area contributed by atoms with E-state index in [2.05, 4.69) is 6.58 Å². The maximum Gasteiger partial charge on any atom is 0.634 e. The highest BCUT2D eigenvalue weighted by atomic mass is 16.6. The van der Waals surface area contributed by atoms with Crippen LogP contribution in [0.25, 0.3) is 0 Å². The fourth-order valence-corrected chi connectivity index (χ4v) is 1.19. The van der Waals surface area contributed by atoms with E-state index >= 15 is 0 Å². The van der Waals surface area contributed by atoms with Crippen LogP contribution >= 0.6 is 0 Å². The standard InChI is InChI=1S/C10H21BO4/c1-8(2)6-7-10(5,9(3,4)12)15-11(13)14/h12-14H,1,6-7H2,2-5H3. The Labute approximate surface area is 91.8 Å². The Balaban J connectivity index is 4.63. The molecule has 3 N–H and O–H groups in total. The van der Waals surface area contributed by atoms with E-state index in [-0.39, 0.29) is 0 Å². The fraction of sp³-hybridized carbons (Fsp3) is 0.800. The van der Waals surface area contributed by atoms with E-state index < -0.39 is 18.5 Å². The van der Waals surface area contributed by atoms with E-state index in [1.807, 2.05) is 6.92 Å². The molecule has 0 aliphatic rings. The molecule has 0 fully saturated rings. The summed E-state index contributed by atoms with van der Waals surface area (Å²) in [4.78, 5) is 0. The zero-order chi connectivity index (χ0) is 12.3. The van der Waals surface area contributed by atoms with Crippen molar-refractivity contribution in [2.24, 2.45) is 0 Å². The topological polar surface area (TPSA) is 69.9 Å². The van der Waals surface area contributed by atoms with Crippen molar-refractivity contribution in [3.63, 3.8) is 0 Å². The normalized spacial score (nSPS) is 15.9. The first kappa shape index (κ1) is 14.6. The molecule has 0 aromatic heterocycles. The summed E-state index contributed by atoms with van der Waals surface area (Å²) in [5.41, 5.74) is -1.21. The van der Waals surface area contributed by atoms with E-state index in [9.17, 15) is 5.11 Å². The minimum Gasteiger partial charge on any atom is -0.402 e. The molecule has 0 aromatic carbocycles. The smallest absolute Gasteiger partial charge is 0.402 e. The second kappa shape index (κ2) is 5.12. The SMILES string of the molecule is C=C(C)CCC(C)(OB(O)O)C(C)(C)O. The summed E-state index contributed by atoms with van der Waals surface area (Å²) in [5, 5.41) is 27.6. The highest BCUT2D eigenvalue weighted by molar-refractivity contribution is 6.32. The summed E-state index contributed by atoms with van der Waals surface area (Å²) in [7, 11) is -1.88. The van der Waals surface area contributed by atoms with Crippen molar-refractivity contribution in [2.45, 2.75) is 51.7 Å². The van der Waals surface area contributed by atoms with Crippen LogP contribution in [0.5, 0.6) is 0 Å². The van der Waals surface area contributed by atoms with Crippen LogP contribution in [0.3, 0.4) is 0 Å². The predicted molar refractivity (Wildman–Crippen MR) is 60.0 cm³/mol. The zero-order valence-electron chi connectivity index (χ0n) is 9.95. The minimum absolute atomic E-state index is 0.476. The molecule has 0 amide bonds. The van der Waals surface area contributed by atoms with Gasteiger partial charge in [0.25, 0.3) is 0 Å². The molecular weight excluding hydrogens is 195 g/mol. The van der Waals surface area contributed by atoms with Crippen molar-refractivity contribution in [2.75, 3.05) is 0 Å². The lowest BCUT2D eigenvalue weighted by Crippen LogP contribution is -2.52. The van der Waals surface area contributed by atoms with Crippen molar-refractivity contribution in [1.82, 2.24) is 0 Å². The van der Waals surface area contributed by atoms with Gasteiger partial charge in [0.05, 0.1) is 11.2 Å². The van der Waals surface area contributed by atoms with Crippen LogP contribution in [0.4, 0.5) is 0 Å². The Morgan fingerprint density at radius 3 is 2.07 bits per heavy atom. The van der Waals surface area contributed by atoms with Gasteiger partial charge in [-0.2, -0.15) is 0 Å². The van der Waals surface area contributed by atoms with Gasteiger partial charge >= 0.3 is 7.32 Å². The van der Waals surface area contributed by atoms with Crippen molar-refractivity contribution in [3.05, 3.63) is 12.2 Å². The Bertz CT molecular complexity index is 222. The van der Waals surface area contributed by atoms with E-state index in [1.54, 1.807) is 20.8 Å². The molecule has 88 valence electrons. The van der Waals surface area contributed by atoms with Crippen molar-refractivity contribution in [1.29, 1.82) is 0 Å². The summed E-state index contributed by atoms with van der Waals surface area (Å²) in [6.07, 6.45) is 1.14. The van der Waals surface area contributed by atoms with E-state index in [1.165, 1.54) is 0 Å². The van der Waals surface area contributed by atoms with Crippen molar-refractivity contribution < 1.29 is 19.8 Å². The molecule has 0 bridgehead atoms. The van der Waals surface area contributed by atoms with Crippen LogP contribution in [0.15, 0.2) is 12.2 Å². The lowest BCUT2D eigenvalue weighted by molar-refractivity contribution is -0.124. The molecule has 5 heteroatoms. The summed E-state index contributed by atoms with van der Waals surface area (Å²) in [6.45, 7) is 10.4. The molecule has 4 nitrogen and oxygen atoms in total. The largest absolute Gasteiger partial charge is 0.634 e. The second-order valence-electron chi connectivity index (χ2n) is 4.69. The van der Waals surface area contributed by atoms with E-state index in [0.717, 1.165) is 5.57 Å². The lowest BCUT2D eigenvalue weighted by atomic mass is 9.81. The molecule has 0 aliphatic heterocycles. The molecule has 0 saturated carbocycles. The van der Waals surface area contributed by atoms with Gasteiger partial charge in [0.2, 0.25) is 0 Å². The first-order chi connectivity index (χ1) is 6.58. The summed E-state index contributed by atoms with van der Waals surface area (Å²) >= 11 is 0. The Morgan fingerprint density at radius 2 is 1.80 bits per heavy atom. The number of aliphatic hydroxyl groups is 1. The highest BCUT2D eigenvalue weighted by Gasteiger charge is 2.42.